The van der Waals surface area contributed by atoms with Gasteiger partial charge in [0.2, 0.25) is 0 Å². The molecule has 0 spiro atoms. The highest BCUT2D eigenvalue weighted by Crippen LogP contribution is 2.24. The minimum absolute atomic E-state index is 0.128. The van der Waals surface area contributed by atoms with Gasteiger partial charge in [-0.25, -0.2) is 4.39 Å². The largest absolute Gasteiger partial charge is 0.316 e. The normalized spacial score (nSPS) is 20.0. The number of benzene rings is 1. The molecule has 1 atom stereocenters. The number of halogens is 1. The molecule has 3 heteroatoms. The van der Waals surface area contributed by atoms with E-state index in [1.54, 1.807) is 6.07 Å². The van der Waals surface area contributed by atoms with Crippen molar-refractivity contribution in [3.8, 4) is 0 Å². The van der Waals surface area contributed by atoms with Crippen LogP contribution < -0.4 is 10.6 Å². The second-order valence-corrected chi connectivity index (χ2v) is 3.98. The molecule has 2 rings (SSSR count). The van der Waals surface area contributed by atoms with E-state index in [4.69, 9.17) is 0 Å². The first-order valence-corrected chi connectivity index (χ1v) is 5.51. The molecule has 1 unspecified atom stereocenters. The number of hydrogen-bond donors (Lipinski definition) is 2. The van der Waals surface area contributed by atoms with Crippen molar-refractivity contribution in [2.24, 2.45) is 0 Å². The molecule has 0 amide bonds. The van der Waals surface area contributed by atoms with Crippen molar-refractivity contribution in [3.05, 3.63) is 35.1 Å². The summed E-state index contributed by atoms with van der Waals surface area (Å²) in [6.45, 7) is 5.76. The van der Waals surface area contributed by atoms with Crippen molar-refractivity contribution in [2.75, 3.05) is 19.6 Å². The molecule has 1 aromatic rings. The highest BCUT2D eigenvalue weighted by atomic mass is 19.1. The molecule has 0 radical (unpaired) electrons. The molecule has 82 valence electrons. The SMILES string of the molecule is CCNCC1CNCc2ccc(F)cc21. The summed E-state index contributed by atoms with van der Waals surface area (Å²) in [5, 5.41) is 6.67. The Morgan fingerprint density at radius 2 is 2.40 bits per heavy atom. The van der Waals surface area contributed by atoms with Gasteiger partial charge in [-0.3, -0.25) is 0 Å². The van der Waals surface area contributed by atoms with Crippen LogP contribution in [0.5, 0.6) is 0 Å². The van der Waals surface area contributed by atoms with Crippen LogP contribution in [-0.2, 0) is 6.54 Å². The number of fused-ring (bicyclic) bond motifs is 1. The van der Waals surface area contributed by atoms with E-state index in [0.717, 1.165) is 31.7 Å². The summed E-state index contributed by atoms with van der Waals surface area (Å²) < 4.78 is 13.1. The van der Waals surface area contributed by atoms with Gasteiger partial charge in [0.1, 0.15) is 5.82 Å². The van der Waals surface area contributed by atoms with Crippen LogP contribution in [0.3, 0.4) is 0 Å². The van der Waals surface area contributed by atoms with E-state index in [1.807, 2.05) is 6.07 Å². The highest BCUT2D eigenvalue weighted by molar-refractivity contribution is 5.33. The first-order chi connectivity index (χ1) is 7.31. The van der Waals surface area contributed by atoms with Gasteiger partial charge in [0, 0.05) is 25.6 Å². The van der Waals surface area contributed by atoms with E-state index in [2.05, 4.69) is 17.6 Å². The summed E-state index contributed by atoms with van der Waals surface area (Å²) in [5.41, 5.74) is 2.39. The maximum Gasteiger partial charge on any atom is 0.123 e. The lowest BCUT2D eigenvalue weighted by molar-refractivity contribution is 0.504. The smallest absolute Gasteiger partial charge is 0.123 e. The average molecular weight is 208 g/mol. The summed E-state index contributed by atoms with van der Waals surface area (Å²) in [6.07, 6.45) is 0. The van der Waals surface area contributed by atoms with E-state index in [0.29, 0.717) is 5.92 Å². The van der Waals surface area contributed by atoms with Crippen LogP contribution in [0.25, 0.3) is 0 Å². The van der Waals surface area contributed by atoms with Crippen LogP contribution >= 0.6 is 0 Å². The quantitative estimate of drug-likeness (QED) is 0.788. The Morgan fingerprint density at radius 3 is 3.20 bits per heavy atom. The lowest BCUT2D eigenvalue weighted by Gasteiger charge is -2.26. The van der Waals surface area contributed by atoms with Gasteiger partial charge in [-0.1, -0.05) is 13.0 Å². The third-order valence-electron chi connectivity index (χ3n) is 2.89. The Labute approximate surface area is 89.9 Å². The number of nitrogens with one attached hydrogen (secondary N) is 2. The Kier molecular flexibility index (Phi) is 3.34. The zero-order valence-electron chi connectivity index (χ0n) is 9.02. The zero-order chi connectivity index (χ0) is 10.7. The number of hydrogen-bond acceptors (Lipinski definition) is 2. The first-order valence-electron chi connectivity index (χ1n) is 5.51. The molecule has 1 heterocycles. The van der Waals surface area contributed by atoms with Crippen LogP contribution in [0, 0.1) is 5.82 Å². The Morgan fingerprint density at radius 1 is 1.53 bits per heavy atom. The highest BCUT2D eigenvalue weighted by Gasteiger charge is 2.19. The maximum absolute atomic E-state index is 13.1. The topological polar surface area (TPSA) is 24.1 Å². The average Bonchev–Trinajstić information content (AvgIpc) is 2.26. The van der Waals surface area contributed by atoms with Crippen LogP contribution in [0.15, 0.2) is 18.2 Å². The molecule has 1 aliphatic rings. The molecular weight excluding hydrogens is 191 g/mol. The van der Waals surface area contributed by atoms with E-state index < -0.39 is 0 Å². The fourth-order valence-electron chi connectivity index (χ4n) is 2.10. The summed E-state index contributed by atoms with van der Waals surface area (Å²) >= 11 is 0. The molecule has 15 heavy (non-hydrogen) atoms. The predicted molar refractivity (Wildman–Crippen MR) is 59.4 cm³/mol. The van der Waals surface area contributed by atoms with Gasteiger partial charge in [0.05, 0.1) is 0 Å². The second kappa shape index (κ2) is 4.73. The molecule has 0 saturated heterocycles. The summed E-state index contributed by atoms with van der Waals surface area (Å²) in [7, 11) is 0. The molecule has 0 aliphatic carbocycles. The van der Waals surface area contributed by atoms with Crippen LogP contribution in [0.4, 0.5) is 4.39 Å². The lowest BCUT2D eigenvalue weighted by Crippen LogP contribution is -2.34. The molecule has 0 fully saturated rings. The van der Waals surface area contributed by atoms with Gasteiger partial charge in [-0.05, 0) is 29.8 Å². The molecule has 2 N–H and O–H groups in total. The van der Waals surface area contributed by atoms with Crippen molar-refractivity contribution in [1.82, 2.24) is 10.6 Å². The Bertz CT molecular complexity index is 338. The lowest BCUT2D eigenvalue weighted by atomic mass is 9.90. The van der Waals surface area contributed by atoms with Crippen molar-refractivity contribution in [1.29, 1.82) is 0 Å². The molecular formula is C12H17FN2. The molecule has 0 bridgehead atoms. The van der Waals surface area contributed by atoms with Gasteiger partial charge >= 0.3 is 0 Å². The molecule has 1 aromatic carbocycles. The zero-order valence-corrected chi connectivity index (χ0v) is 9.02. The van der Waals surface area contributed by atoms with Crippen LogP contribution in [0.2, 0.25) is 0 Å². The molecule has 0 aromatic heterocycles. The second-order valence-electron chi connectivity index (χ2n) is 3.98. The molecule has 2 nitrogen and oxygen atoms in total. The van der Waals surface area contributed by atoms with Crippen molar-refractivity contribution >= 4 is 0 Å². The minimum atomic E-state index is -0.128. The summed E-state index contributed by atoms with van der Waals surface area (Å²) in [4.78, 5) is 0. The third-order valence-corrected chi connectivity index (χ3v) is 2.89. The van der Waals surface area contributed by atoms with Gasteiger partial charge in [0.25, 0.3) is 0 Å². The van der Waals surface area contributed by atoms with Gasteiger partial charge in [0.15, 0.2) is 0 Å². The van der Waals surface area contributed by atoms with Crippen molar-refractivity contribution < 1.29 is 4.39 Å². The van der Waals surface area contributed by atoms with Gasteiger partial charge < -0.3 is 10.6 Å². The number of rotatable bonds is 3. The molecule has 1 aliphatic heterocycles. The predicted octanol–water partition coefficient (Wildman–Crippen LogP) is 1.62. The Hall–Kier alpha value is -0.930. The fraction of sp³-hybridized carbons (Fsp3) is 0.500. The van der Waals surface area contributed by atoms with Crippen LogP contribution in [0.1, 0.15) is 24.0 Å². The van der Waals surface area contributed by atoms with Crippen LogP contribution in [-0.4, -0.2) is 19.6 Å². The third kappa shape index (κ3) is 2.36. The van der Waals surface area contributed by atoms with Gasteiger partial charge in [-0.15, -0.1) is 0 Å². The summed E-state index contributed by atoms with van der Waals surface area (Å²) in [6, 6.07) is 5.10. The van der Waals surface area contributed by atoms with Crippen molar-refractivity contribution in [2.45, 2.75) is 19.4 Å². The monoisotopic (exact) mass is 208 g/mol. The van der Waals surface area contributed by atoms with Gasteiger partial charge in [-0.2, -0.15) is 0 Å². The van der Waals surface area contributed by atoms with E-state index in [-0.39, 0.29) is 5.82 Å². The maximum atomic E-state index is 13.1. The molecule has 0 saturated carbocycles. The first kappa shape index (κ1) is 10.6. The fourth-order valence-corrected chi connectivity index (χ4v) is 2.10. The van der Waals surface area contributed by atoms with Crippen molar-refractivity contribution in [3.63, 3.8) is 0 Å². The van der Waals surface area contributed by atoms with E-state index in [1.165, 1.54) is 11.6 Å². The standard InChI is InChI=1S/C12H17FN2/c1-2-14-7-10-8-15-6-9-3-4-11(13)5-12(9)10/h3-5,10,14-15H,2,6-8H2,1H3. The summed E-state index contributed by atoms with van der Waals surface area (Å²) in [5.74, 6) is 0.265. The van der Waals surface area contributed by atoms with E-state index in [9.17, 15) is 4.39 Å². The Balaban J connectivity index is 2.20. The number of likely N-dealkylation sites (N-methyl/N-ethyl adjacent to an activating group) is 1. The minimum Gasteiger partial charge on any atom is -0.316 e. The van der Waals surface area contributed by atoms with E-state index >= 15 is 0 Å².